The fraction of sp³-hybridized carbons (Fsp3) is 0. The average Bonchev–Trinajstić information content (AvgIpc) is 3.73. The smallest absolute Gasteiger partial charge is 0.0802 e. The van der Waals surface area contributed by atoms with Gasteiger partial charge in [0.25, 0.3) is 0 Å². The van der Waals surface area contributed by atoms with E-state index in [1.54, 1.807) is 0 Å². The van der Waals surface area contributed by atoms with Crippen LogP contribution in [-0.4, -0.2) is 9.55 Å². The summed E-state index contributed by atoms with van der Waals surface area (Å²) in [7, 11) is 0. The molecule has 0 aliphatic rings. The molecule has 0 N–H and O–H groups in total. The highest BCUT2D eigenvalue weighted by molar-refractivity contribution is 6.23. The number of benzene rings is 12. The molecular weight excluding hydrogens is 809 g/mol. The maximum Gasteiger partial charge on any atom is 0.0802 e. The molecule has 0 spiro atoms. The summed E-state index contributed by atoms with van der Waals surface area (Å²) in [6.07, 6.45) is 1.97. The van der Waals surface area contributed by atoms with Crippen molar-refractivity contribution < 1.29 is 0 Å². The molecule has 0 fully saturated rings. The highest BCUT2D eigenvalue weighted by Crippen LogP contribution is 2.47. The molecule has 2 nitrogen and oxygen atoms in total. The van der Waals surface area contributed by atoms with Crippen molar-refractivity contribution >= 4 is 86.4 Å². The third-order valence-corrected chi connectivity index (χ3v) is 14.1. The lowest BCUT2D eigenvalue weighted by molar-refractivity contribution is 1.19. The van der Waals surface area contributed by atoms with Crippen molar-refractivity contribution in [3.05, 3.63) is 243 Å². The zero-order chi connectivity index (χ0) is 44.0. The van der Waals surface area contributed by atoms with E-state index in [2.05, 4.69) is 241 Å². The topological polar surface area (TPSA) is 17.8 Å². The Balaban J connectivity index is 1.06. The summed E-state index contributed by atoms with van der Waals surface area (Å²) in [5, 5.41) is 17.1. The largest absolute Gasteiger partial charge is 0.308 e. The summed E-state index contributed by atoms with van der Waals surface area (Å²) in [6.45, 7) is 0. The van der Waals surface area contributed by atoms with Gasteiger partial charge < -0.3 is 4.57 Å². The minimum Gasteiger partial charge on any atom is -0.308 e. The van der Waals surface area contributed by atoms with E-state index in [-0.39, 0.29) is 0 Å². The molecule has 2 heteroatoms. The van der Waals surface area contributed by atoms with E-state index in [1.807, 2.05) is 6.20 Å². The SMILES string of the molecule is c1ccc(-c2nccc3c2c2cc(-c4ccc5c(-c6ccc7ccccc7c6)c6ccccc6c(-c6ccc7ccccc7c6)c5c4)ccc2n3-c2cc3ccccc3c3ccccc23)cc1. The van der Waals surface area contributed by atoms with Crippen molar-refractivity contribution in [1.29, 1.82) is 0 Å². The van der Waals surface area contributed by atoms with Crippen LogP contribution in [0.25, 0.3) is 137 Å². The second kappa shape index (κ2) is 14.9. The minimum atomic E-state index is 0.979. The maximum absolute atomic E-state index is 5.13. The van der Waals surface area contributed by atoms with E-state index in [0.29, 0.717) is 0 Å². The summed E-state index contributed by atoms with van der Waals surface area (Å²) in [5.74, 6) is 0. The molecule has 0 saturated heterocycles. The molecule has 67 heavy (non-hydrogen) atoms. The van der Waals surface area contributed by atoms with Crippen molar-refractivity contribution in [3.63, 3.8) is 0 Å². The van der Waals surface area contributed by atoms with E-state index < -0.39 is 0 Å². The predicted molar refractivity (Wildman–Crippen MR) is 285 cm³/mol. The zero-order valence-corrected chi connectivity index (χ0v) is 36.5. The van der Waals surface area contributed by atoms with Gasteiger partial charge in [-0.1, -0.05) is 194 Å². The van der Waals surface area contributed by atoms with Crippen molar-refractivity contribution in [2.45, 2.75) is 0 Å². The van der Waals surface area contributed by atoms with Crippen LogP contribution in [0.5, 0.6) is 0 Å². The van der Waals surface area contributed by atoms with Crippen LogP contribution in [0.15, 0.2) is 243 Å². The molecule has 0 radical (unpaired) electrons. The van der Waals surface area contributed by atoms with E-state index in [0.717, 1.165) is 38.9 Å². The van der Waals surface area contributed by atoms with Crippen molar-refractivity contribution in [1.82, 2.24) is 9.55 Å². The van der Waals surface area contributed by atoms with E-state index in [1.165, 1.54) is 97.8 Å². The van der Waals surface area contributed by atoms with Crippen LogP contribution in [0, 0.1) is 0 Å². The molecule has 0 saturated carbocycles. The van der Waals surface area contributed by atoms with Gasteiger partial charge in [-0.25, -0.2) is 0 Å². The Hall–Kier alpha value is -8.85. The van der Waals surface area contributed by atoms with Gasteiger partial charge in [-0.15, -0.1) is 0 Å². The van der Waals surface area contributed by atoms with Gasteiger partial charge in [0, 0.05) is 27.9 Å². The third kappa shape index (κ3) is 5.87. The van der Waals surface area contributed by atoms with Crippen LogP contribution in [0.3, 0.4) is 0 Å². The van der Waals surface area contributed by atoms with Gasteiger partial charge in [0.1, 0.15) is 0 Å². The van der Waals surface area contributed by atoms with Gasteiger partial charge in [-0.05, 0) is 135 Å². The summed E-state index contributed by atoms with van der Waals surface area (Å²) in [6, 6.07) is 87.2. The highest BCUT2D eigenvalue weighted by atomic mass is 15.0. The van der Waals surface area contributed by atoms with E-state index >= 15 is 0 Å². The van der Waals surface area contributed by atoms with Crippen molar-refractivity contribution in [2.24, 2.45) is 0 Å². The summed E-state index contributed by atoms with van der Waals surface area (Å²) in [5.41, 5.74) is 12.8. The van der Waals surface area contributed by atoms with Crippen molar-refractivity contribution in [3.8, 4) is 50.3 Å². The van der Waals surface area contributed by atoms with Crippen LogP contribution in [0.4, 0.5) is 0 Å². The highest BCUT2D eigenvalue weighted by Gasteiger charge is 2.22. The Bertz CT molecular complexity index is 4330. The van der Waals surface area contributed by atoms with Crippen LogP contribution < -0.4 is 0 Å². The normalized spacial score (nSPS) is 11.9. The summed E-state index contributed by atoms with van der Waals surface area (Å²) < 4.78 is 2.47. The first-order valence-corrected chi connectivity index (χ1v) is 23.1. The average molecular weight is 849 g/mol. The molecule has 14 rings (SSSR count). The standard InChI is InChI=1S/C65H40N2/c1-2-16-43(17-3-1)65-64-58-39-47(31-33-59(58)67(60(64)34-35-66-65)61-40-48-20-8-9-21-51(48)52-22-10-11-23-53(52)61)46-30-32-56-57(38-46)63(50-29-27-42-15-5-7-19-45(42)37-50)55-25-13-12-24-54(55)62(56)49-28-26-41-14-4-6-18-44(41)36-49/h1-40H. The Labute approximate surface area is 387 Å². The van der Waals surface area contributed by atoms with Gasteiger partial charge >= 0.3 is 0 Å². The monoisotopic (exact) mass is 848 g/mol. The summed E-state index contributed by atoms with van der Waals surface area (Å²) in [4.78, 5) is 5.13. The first kappa shape index (κ1) is 37.5. The molecular formula is C65H40N2. The number of fused-ring (bicyclic) bond motifs is 10. The number of nitrogens with zero attached hydrogens (tertiary/aromatic N) is 2. The van der Waals surface area contributed by atoms with Crippen LogP contribution in [0.2, 0.25) is 0 Å². The molecule has 0 bridgehead atoms. The second-order valence-corrected chi connectivity index (χ2v) is 17.8. The molecule has 310 valence electrons. The molecule has 2 heterocycles. The molecule has 0 amide bonds. The first-order chi connectivity index (χ1) is 33.2. The Morgan fingerprint density at radius 3 is 1.46 bits per heavy atom. The molecule has 12 aromatic carbocycles. The van der Waals surface area contributed by atoms with Crippen LogP contribution in [0.1, 0.15) is 0 Å². The van der Waals surface area contributed by atoms with Crippen LogP contribution in [-0.2, 0) is 0 Å². The van der Waals surface area contributed by atoms with E-state index in [4.69, 9.17) is 4.98 Å². The fourth-order valence-electron chi connectivity index (χ4n) is 11.1. The Morgan fingerprint density at radius 1 is 0.269 bits per heavy atom. The Morgan fingerprint density at radius 2 is 0.776 bits per heavy atom. The summed E-state index contributed by atoms with van der Waals surface area (Å²) >= 11 is 0. The van der Waals surface area contributed by atoms with E-state index in [9.17, 15) is 0 Å². The van der Waals surface area contributed by atoms with Gasteiger partial charge in [-0.2, -0.15) is 0 Å². The lowest BCUT2D eigenvalue weighted by Gasteiger charge is -2.19. The fourth-order valence-corrected chi connectivity index (χ4v) is 11.1. The first-order valence-electron chi connectivity index (χ1n) is 23.1. The quantitative estimate of drug-likeness (QED) is 0.125. The van der Waals surface area contributed by atoms with Crippen molar-refractivity contribution in [2.75, 3.05) is 0 Å². The molecule has 0 atom stereocenters. The molecule has 14 aromatic rings. The number of aromatic nitrogens is 2. The number of rotatable bonds is 5. The molecule has 0 aliphatic carbocycles. The molecule has 0 aliphatic heterocycles. The number of pyridine rings is 1. The zero-order valence-electron chi connectivity index (χ0n) is 36.5. The van der Waals surface area contributed by atoms with Gasteiger partial charge in [-0.3, -0.25) is 4.98 Å². The third-order valence-electron chi connectivity index (χ3n) is 14.1. The molecule has 0 unspecified atom stereocenters. The molecule has 2 aromatic heterocycles. The van der Waals surface area contributed by atoms with Crippen LogP contribution >= 0.6 is 0 Å². The lowest BCUT2D eigenvalue weighted by atomic mass is 9.84. The lowest BCUT2D eigenvalue weighted by Crippen LogP contribution is -1.96. The predicted octanol–water partition coefficient (Wildman–Crippen LogP) is 17.8. The number of hydrogen-bond donors (Lipinski definition) is 0. The second-order valence-electron chi connectivity index (χ2n) is 17.8. The Kier molecular flexibility index (Phi) is 8.32. The van der Waals surface area contributed by atoms with Gasteiger partial charge in [0.05, 0.1) is 22.4 Å². The van der Waals surface area contributed by atoms with Gasteiger partial charge in [0.15, 0.2) is 0 Å². The number of hydrogen-bond acceptors (Lipinski definition) is 1. The van der Waals surface area contributed by atoms with Gasteiger partial charge in [0.2, 0.25) is 0 Å². The minimum absolute atomic E-state index is 0.979. The maximum atomic E-state index is 5.13.